The van der Waals surface area contributed by atoms with Crippen molar-refractivity contribution in [3.63, 3.8) is 0 Å². The molecule has 0 aromatic heterocycles. The average Bonchev–Trinajstić information content (AvgIpc) is 2.67. The second-order valence-electron chi connectivity index (χ2n) is 8.65. The fraction of sp³-hybridized carbons (Fsp3) is 1.00. The maximum atomic E-state index is 6.86. The number of unbranched alkanes of at least 4 members (excludes halogenated alkanes) is 3. The van der Waals surface area contributed by atoms with E-state index in [0.717, 1.165) is 12.5 Å². The van der Waals surface area contributed by atoms with Crippen LogP contribution in [0.3, 0.4) is 0 Å². The van der Waals surface area contributed by atoms with E-state index >= 15 is 0 Å². The first kappa shape index (κ1) is 24.8. The molecule has 0 bridgehead atoms. The monoisotopic (exact) mass is 476 g/mol. The van der Waals surface area contributed by atoms with Gasteiger partial charge in [0.1, 0.15) is 0 Å². The van der Waals surface area contributed by atoms with Crippen molar-refractivity contribution < 1.29 is 9.47 Å². The third kappa shape index (κ3) is 8.39. The molecule has 0 aliphatic heterocycles. The molecule has 156 valence electrons. The van der Waals surface area contributed by atoms with Crippen molar-refractivity contribution in [3.8, 4) is 0 Å². The molecule has 0 N–H and O–H groups in total. The summed E-state index contributed by atoms with van der Waals surface area (Å²) in [4.78, 5) is 0. The molecule has 2 unspecified atom stereocenters. The van der Waals surface area contributed by atoms with Crippen molar-refractivity contribution in [1.82, 2.24) is 0 Å². The van der Waals surface area contributed by atoms with E-state index in [2.05, 4.69) is 34.6 Å². The van der Waals surface area contributed by atoms with E-state index in [1.165, 1.54) is 70.6 Å². The van der Waals surface area contributed by atoms with Crippen LogP contribution in [0, 0.1) is 5.92 Å². The number of ether oxygens (including phenoxy) is 2. The van der Waals surface area contributed by atoms with Gasteiger partial charge in [-0.05, 0) is 0 Å². The fourth-order valence-electron chi connectivity index (χ4n) is 5.06. The van der Waals surface area contributed by atoms with Gasteiger partial charge in [-0.15, -0.1) is 0 Å². The first-order valence-corrected chi connectivity index (χ1v) is 19.6. The van der Waals surface area contributed by atoms with Gasteiger partial charge in [0.05, 0.1) is 0 Å². The Kier molecular flexibility index (Phi) is 14.0. The molecule has 0 amide bonds. The third-order valence-corrected chi connectivity index (χ3v) is 23.2. The second-order valence-corrected chi connectivity index (χ2v) is 22.3. The molecule has 0 aromatic rings. The van der Waals surface area contributed by atoms with Crippen molar-refractivity contribution in [2.45, 2.75) is 129 Å². The van der Waals surface area contributed by atoms with E-state index in [9.17, 15) is 0 Å². The second kappa shape index (κ2) is 14.7. The molecule has 0 spiro atoms. The summed E-state index contributed by atoms with van der Waals surface area (Å²) in [7, 11) is 0. The molecule has 0 aromatic carbocycles. The van der Waals surface area contributed by atoms with Gasteiger partial charge in [-0.25, -0.2) is 0 Å². The molecule has 0 heterocycles. The zero-order chi connectivity index (χ0) is 19.3. The van der Waals surface area contributed by atoms with Gasteiger partial charge in [-0.3, -0.25) is 0 Å². The summed E-state index contributed by atoms with van der Waals surface area (Å²) in [6, 6.07) is 0. The van der Waals surface area contributed by atoms with Crippen LogP contribution in [0.15, 0.2) is 0 Å². The van der Waals surface area contributed by atoms with Crippen LogP contribution in [0.5, 0.6) is 0 Å². The Morgan fingerprint density at radius 1 is 0.808 bits per heavy atom. The molecule has 26 heavy (non-hydrogen) atoms. The van der Waals surface area contributed by atoms with Crippen LogP contribution in [-0.2, 0) is 9.47 Å². The van der Waals surface area contributed by atoms with E-state index in [1.807, 2.05) is 0 Å². The van der Waals surface area contributed by atoms with Crippen LogP contribution in [0.25, 0.3) is 0 Å². The fourth-order valence-corrected chi connectivity index (χ4v) is 23.9. The van der Waals surface area contributed by atoms with Gasteiger partial charge in [0.25, 0.3) is 0 Å². The van der Waals surface area contributed by atoms with Crippen molar-refractivity contribution in [2.24, 2.45) is 5.92 Å². The summed E-state index contributed by atoms with van der Waals surface area (Å²) >= 11 is -2.40. The first-order valence-electron chi connectivity index (χ1n) is 11.9. The zero-order valence-electron chi connectivity index (χ0n) is 18.7. The SMILES string of the molecule is CCC[CH2][Sn]([CH2]CCC)([CH2]CCC)[CH](OC(C)OCC)C1CCCCC1. The molecule has 2 nitrogen and oxygen atoms in total. The summed E-state index contributed by atoms with van der Waals surface area (Å²) in [5.74, 6) is 0.827. The Morgan fingerprint density at radius 2 is 1.31 bits per heavy atom. The molecule has 1 fully saturated rings. The number of hydrogen-bond acceptors (Lipinski definition) is 2. The Balaban J connectivity index is 3.10. The minimum absolute atomic E-state index is 0.0205. The molecule has 1 aliphatic carbocycles. The van der Waals surface area contributed by atoms with E-state index in [4.69, 9.17) is 9.47 Å². The van der Waals surface area contributed by atoms with Crippen LogP contribution in [0.2, 0.25) is 13.3 Å². The molecule has 1 saturated carbocycles. The summed E-state index contributed by atoms with van der Waals surface area (Å²) in [5.41, 5.74) is 0. The van der Waals surface area contributed by atoms with Crippen LogP contribution >= 0.6 is 0 Å². The summed E-state index contributed by atoms with van der Waals surface area (Å²) in [5, 5.41) is 0. The van der Waals surface area contributed by atoms with Crippen molar-refractivity contribution >= 4 is 18.4 Å². The van der Waals surface area contributed by atoms with Crippen molar-refractivity contribution in [3.05, 3.63) is 0 Å². The van der Waals surface area contributed by atoms with Gasteiger partial charge in [-0.1, -0.05) is 0 Å². The first-order chi connectivity index (χ1) is 12.6. The Morgan fingerprint density at radius 3 is 1.73 bits per heavy atom. The average molecular weight is 475 g/mol. The van der Waals surface area contributed by atoms with E-state index in [0.29, 0.717) is 4.12 Å². The van der Waals surface area contributed by atoms with Crippen LogP contribution in [0.1, 0.15) is 105 Å². The third-order valence-electron chi connectivity index (χ3n) is 6.51. The summed E-state index contributed by atoms with van der Waals surface area (Å²) < 4.78 is 18.0. The van der Waals surface area contributed by atoms with Gasteiger partial charge >= 0.3 is 169 Å². The van der Waals surface area contributed by atoms with Crippen LogP contribution < -0.4 is 0 Å². The van der Waals surface area contributed by atoms with E-state index in [-0.39, 0.29) is 6.29 Å². The Bertz CT molecular complexity index is 306. The van der Waals surface area contributed by atoms with Crippen LogP contribution in [0.4, 0.5) is 0 Å². The molecule has 0 saturated heterocycles. The summed E-state index contributed by atoms with van der Waals surface area (Å²) in [6.45, 7) is 12.1. The van der Waals surface area contributed by atoms with Gasteiger partial charge in [0.2, 0.25) is 0 Å². The number of rotatable bonds is 15. The van der Waals surface area contributed by atoms with Gasteiger partial charge in [0.15, 0.2) is 0 Å². The molecule has 1 aliphatic rings. The van der Waals surface area contributed by atoms with Crippen LogP contribution in [-0.4, -0.2) is 35.4 Å². The van der Waals surface area contributed by atoms with Gasteiger partial charge in [-0.2, -0.15) is 0 Å². The minimum atomic E-state index is -2.40. The Hall–Kier alpha value is 0.719. The molecule has 2 atom stereocenters. The van der Waals surface area contributed by atoms with E-state index < -0.39 is 18.4 Å². The standard InChI is InChI=1S/C11H21O2.3C4H9.Sn/c1-3-12-10(2)13-9-11-7-5-4-6-8-11;3*1-3-4-2;/h9-11H,3-8H2,1-2H3;3*1,3-4H2,2H3;. The zero-order valence-corrected chi connectivity index (χ0v) is 21.5. The van der Waals surface area contributed by atoms with Crippen molar-refractivity contribution in [1.29, 1.82) is 0 Å². The topological polar surface area (TPSA) is 18.5 Å². The quantitative estimate of drug-likeness (QED) is 0.178. The molecular weight excluding hydrogens is 427 g/mol. The van der Waals surface area contributed by atoms with Gasteiger partial charge < -0.3 is 0 Å². The molecule has 3 heteroatoms. The predicted octanol–water partition coefficient (Wildman–Crippen LogP) is 7.72. The van der Waals surface area contributed by atoms with Crippen molar-refractivity contribution in [2.75, 3.05) is 6.61 Å². The Labute approximate surface area is 169 Å². The number of hydrogen-bond donors (Lipinski definition) is 0. The molecular formula is C23H48O2Sn. The molecule has 1 rings (SSSR count). The maximum absolute atomic E-state index is 6.86. The van der Waals surface area contributed by atoms with Gasteiger partial charge in [0, 0.05) is 0 Å². The van der Waals surface area contributed by atoms with E-state index in [1.54, 1.807) is 13.3 Å². The predicted molar refractivity (Wildman–Crippen MR) is 117 cm³/mol. The molecule has 0 radical (unpaired) electrons. The summed E-state index contributed by atoms with van der Waals surface area (Å²) in [6.07, 6.45) is 15.4. The normalized spacial score (nSPS) is 18.8.